The zero-order chi connectivity index (χ0) is 12.7. The number of hydrogen-bond donors (Lipinski definition) is 2. The fraction of sp³-hybridized carbons (Fsp3) is 0.750. The Hall–Kier alpha value is -1.10. The zero-order valence-corrected chi connectivity index (χ0v) is 10.3. The Labute approximate surface area is 102 Å². The predicted molar refractivity (Wildman–Crippen MR) is 63.6 cm³/mol. The summed E-state index contributed by atoms with van der Waals surface area (Å²) in [4.78, 5) is 22.2. The molecule has 5 nitrogen and oxygen atoms in total. The van der Waals surface area contributed by atoms with Crippen molar-refractivity contribution >= 4 is 11.8 Å². The van der Waals surface area contributed by atoms with Crippen LogP contribution in [0.5, 0.6) is 0 Å². The van der Waals surface area contributed by atoms with Crippen LogP contribution >= 0.6 is 0 Å². The molecule has 0 saturated carbocycles. The number of hydrogen-bond acceptors (Lipinski definition) is 3. The summed E-state index contributed by atoms with van der Waals surface area (Å²) in [5.74, 6) is 0.0513. The molecule has 1 rings (SSSR count). The van der Waals surface area contributed by atoms with E-state index in [0.717, 1.165) is 26.1 Å². The molecule has 1 saturated heterocycles. The maximum atomic E-state index is 11.6. The predicted octanol–water partition coefficient (Wildman–Crippen LogP) is 0.593. The van der Waals surface area contributed by atoms with Crippen LogP contribution in [0.15, 0.2) is 0 Å². The maximum absolute atomic E-state index is 11.6. The van der Waals surface area contributed by atoms with Gasteiger partial charge in [-0.15, -0.1) is 0 Å². The highest BCUT2D eigenvalue weighted by Gasteiger charge is 2.17. The first kappa shape index (κ1) is 14.0. The van der Waals surface area contributed by atoms with E-state index in [1.165, 1.54) is 0 Å². The Bertz CT molecular complexity index is 262. The summed E-state index contributed by atoms with van der Waals surface area (Å²) in [6, 6.07) is 0. The van der Waals surface area contributed by atoms with Gasteiger partial charge in [0, 0.05) is 26.1 Å². The molecule has 0 aromatic heterocycles. The lowest BCUT2D eigenvalue weighted by atomic mass is 9.96. The lowest BCUT2D eigenvalue weighted by Crippen LogP contribution is -2.29. The van der Waals surface area contributed by atoms with Crippen LogP contribution in [-0.2, 0) is 14.3 Å². The van der Waals surface area contributed by atoms with E-state index in [4.69, 9.17) is 10.5 Å². The molecule has 0 aliphatic carbocycles. The minimum atomic E-state index is -0.354. The van der Waals surface area contributed by atoms with E-state index < -0.39 is 0 Å². The van der Waals surface area contributed by atoms with Crippen molar-refractivity contribution < 1.29 is 14.3 Å². The van der Waals surface area contributed by atoms with Crippen molar-refractivity contribution in [1.82, 2.24) is 5.32 Å². The van der Waals surface area contributed by atoms with Gasteiger partial charge in [-0.3, -0.25) is 9.59 Å². The van der Waals surface area contributed by atoms with E-state index in [0.29, 0.717) is 12.3 Å². The lowest BCUT2D eigenvalue weighted by molar-refractivity contribution is -0.123. The van der Waals surface area contributed by atoms with Gasteiger partial charge < -0.3 is 15.8 Å². The molecular formula is C12H21N2O3. The van der Waals surface area contributed by atoms with Crippen molar-refractivity contribution in [2.45, 2.75) is 32.6 Å². The number of ether oxygens (including phenoxy) is 1. The van der Waals surface area contributed by atoms with Crippen molar-refractivity contribution in [2.75, 3.05) is 13.2 Å². The Balaban J connectivity index is 2.13. The zero-order valence-electron chi connectivity index (χ0n) is 10.3. The molecule has 1 heterocycles. The third-order valence-corrected chi connectivity index (χ3v) is 2.87. The van der Waals surface area contributed by atoms with Crippen molar-refractivity contribution in [1.29, 1.82) is 0 Å². The van der Waals surface area contributed by atoms with E-state index in [-0.39, 0.29) is 24.2 Å². The third-order valence-electron chi connectivity index (χ3n) is 2.87. The molecule has 1 aliphatic rings. The standard InChI is InChI=1S/C12H21N2O3/c1-9(6-11(13)15)8-14-12(16)7-10-2-4-17-5-3-10/h8-10H,2-7H2,1H3,(H2,13,15)(H,14,16)/t9-/m0/s1. The third kappa shape index (κ3) is 6.26. The van der Waals surface area contributed by atoms with Gasteiger partial charge in [-0.05, 0) is 24.7 Å². The van der Waals surface area contributed by atoms with Gasteiger partial charge in [0.05, 0.1) is 6.54 Å². The average molecular weight is 241 g/mol. The summed E-state index contributed by atoms with van der Waals surface area (Å²) in [6.07, 6.45) is 2.69. The van der Waals surface area contributed by atoms with Crippen LogP contribution in [0.2, 0.25) is 0 Å². The summed E-state index contributed by atoms with van der Waals surface area (Å²) in [7, 11) is 0. The monoisotopic (exact) mass is 241 g/mol. The number of amides is 2. The van der Waals surface area contributed by atoms with Crippen molar-refractivity contribution in [2.24, 2.45) is 17.6 Å². The van der Waals surface area contributed by atoms with Crippen LogP contribution in [0.4, 0.5) is 0 Å². The van der Waals surface area contributed by atoms with Crippen molar-refractivity contribution in [3.05, 3.63) is 6.54 Å². The van der Waals surface area contributed by atoms with Crippen LogP contribution in [-0.4, -0.2) is 25.0 Å². The average Bonchev–Trinajstić information content (AvgIpc) is 2.27. The largest absolute Gasteiger partial charge is 0.381 e. The molecule has 2 amide bonds. The van der Waals surface area contributed by atoms with Gasteiger partial charge in [0.2, 0.25) is 11.8 Å². The normalized spacial score (nSPS) is 18.6. The van der Waals surface area contributed by atoms with E-state index in [2.05, 4.69) is 5.32 Å². The minimum absolute atomic E-state index is 0.00761. The highest BCUT2D eigenvalue weighted by atomic mass is 16.5. The van der Waals surface area contributed by atoms with E-state index >= 15 is 0 Å². The Morgan fingerprint density at radius 1 is 1.47 bits per heavy atom. The molecular weight excluding hydrogens is 220 g/mol. The van der Waals surface area contributed by atoms with Crippen LogP contribution in [0, 0.1) is 18.4 Å². The summed E-state index contributed by atoms with van der Waals surface area (Å²) in [6.45, 7) is 4.99. The molecule has 0 aromatic rings. The molecule has 17 heavy (non-hydrogen) atoms. The molecule has 1 atom stereocenters. The molecule has 1 fully saturated rings. The number of carbonyl (C=O) groups excluding carboxylic acids is 2. The fourth-order valence-electron chi connectivity index (χ4n) is 1.88. The SMILES string of the molecule is C[C@H]([CH]NC(=O)CC1CCOCC1)CC(N)=O. The number of nitrogens with two attached hydrogens (primary N) is 1. The first-order valence-corrected chi connectivity index (χ1v) is 6.06. The minimum Gasteiger partial charge on any atom is -0.381 e. The number of rotatable bonds is 6. The van der Waals surface area contributed by atoms with Gasteiger partial charge in [0.25, 0.3) is 0 Å². The quantitative estimate of drug-likeness (QED) is 0.714. The van der Waals surface area contributed by atoms with Gasteiger partial charge in [-0.2, -0.15) is 0 Å². The first-order chi connectivity index (χ1) is 8.08. The summed E-state index contributed by atoms with van der Waals surface area (Å²) >= 11 is 0. The van der Waals surface area contributed by atoms with Crippen LogP contribution < -0.4 is 11.1 Å². The molecule has 0 aromatic carbocycles. The lowest BCUT2D eigenvalue weighted by Gasteiger charge is -2.21. The molecule has 97 valence electrons. The highest BCUT2D eigenvalue weighted by Crippen LogP contribution is 2.18. The van der Waals surface area contributed by atoms with E-state index in [1.807, 2.05) is 6.92 Å². The van der Waals surface area contributed by atoms with Gasteiger partial charge in [-0.25, -0.2) is 0 Å². The second-order valence-electron chi connectivity index (χ2n) is 4.64. The molecule has 0 spiro atoms. The number of carbonyl (C=O) groups is 2. The summed E-state index contributed by atoms with van der Waals surface area (Å²) < 4.78 is 5.23. The molecule has 5 heteroatoms. The smallest absolute Gasteiger partial charge is 0.220 e. The van der Waals surface area contributed by atoms with Gasteiger partial charge in [0.1, 0.15) is 0 Å². The fourth-order valence-corrected chi connectivity index (χ4v) is 1.88. The summed E-state index contributed by atoms with van der Waals surface area (Å²) in [5.41, 5.74) is 5.06. The molecule has 1 aliphatic heterocycles. The van der Waals surface area contributed by atoms with Crippen molar-refractivity contribution in [3.63, 3.8) is 0 Å². The van der Waals surface area contributed by atoms with Gasteiger partial charge in [0.15, 0.2) is 0 Å². The van der Waals surface area contributed by atoms with E-state index in [9.17, 15) is 9.59 Å². The molecule has 0 bridgehead atoms. The first-order valence-electron chi connectivity index (χ1n) is 6.06. The Morgan fingerprint density at radius 2 is 2.12 bits per heavy atom. The molecule has 1 radical (unpaired) electrons. The van der Waals surface area contributed by atoms with Gasteiger partial charge >= 0.3 is 0 Å². The van der Waals surface area contributed by atoms with Gasteiger partial charge in [-0.1, -0.05) is 6.92 Å². The topological polar surface area (TPSA) is 81.4 Å². The summed E-state index contributed by atoms with van der Waals surface area (Å²) in [5, 5.41) is 2.72. The number of nitrogens with one attached hydrogen (secondary N) is 1. The van der Waals surface area contributed by atoms with Crippen LogP contribution in [0.25, 0.3) is 0 Å². The van der Waals surface area contributed by atoms with Crippen molar-refractivity contribution in [3.8, 4) is 0 Å². The van der Waals surface area contributed by atoms with Crippen LogP contribution in [0.3, 0.4) is 0 Å². The maximum Gasteiger partial charge on any atom is 0.220 e. The van der Waals surface area contributed by atoms with E-state index in [1.54, 1.807) is 6.54 Å². The second kappa shape index (κ2) is 7.27. The number of primary amides is 1. The molecule has 3 N–H and O–H groups in total. The van der Waals surface area contributed by atoms with Crippen LogP contribution in [0.1, 0.15) is 32.6 Å². The Kier molecular flexibility index (Phi) is 5.97. The molecule has 0 unspecified atom stereocenters. The highest BCUT2D eigenvalue weighted by molar-refractivity contribution is 5.77. The second-order valence-corrected chi connectivity index (χ2v) is 4.64. The Morgan fingerprint density at radius 3 is 2.71 bits per heavy atom.